The van der Waals surface area contributed by atoms with Crippen LogP contribution in [0.3, 0.4) is 0 Å². The molecule has 2 heterocycles. The SMILES string of the molecule is COC(=O)CN1CCN(C(=O)C2COCC2N)CC1. The Balaban J connectivity index is 1.79. The van der Waals surface area contributed by atoms with E-state index < -0.39 is 0 Å². The molecule has 0 aromatic heterocycles. The number of carbonyl (C=O) groups is 2. The van der Waals surface area contributed by atoms with Crippen molar-refractivity contribution in [2.45, 2.75) is 6.04 Å². The Bertz CT molecular complexity index is 342. The molecule has 1 amide bonds. The van der Waals surface area contributed by atoms with Crippen molar-refractivity contribution in [3.05, 3.63) is 0 Å². The van der Waals surface area contributed by atoms with E-state index in [1.165, 1.54) is 7.11 Å². The van der Waals surface area contributed by atoms with Crippen molar-refractivity contribution in [1.82, 2.24) is 9.80 Å². The third-order valence-electron chi connectivity index (χ3n) is 3.71. The van der Waals surface area contributed by atoms with Crippen molar-refractivity contribution in [2.24, 2.45) is 11.7 Å². The maximum atomic E-state index is 12.3. The first kappa shape index (κ1) is 14.2. The molecule has 0 saturated carbocycles. The summed E-state index contributed by atoms with van der Waals surface area (Å²) in [7, 11) is 1.38. The second-order valence-corrected chi connectivity index (χ2v) is 4.99. The van der Waals surface area contributed by atoms with E-state index >= 15 is 0 Å². The van der Waals surface area contributed by atoms with Gasteiger partial charge >= 0.3 is 5.97 Å². The minimum absolute atomic E-state index is 0.0720. The summed E-state index contributed by atoms with van der Waals surface area (Å²) in [6.07, 6.45) is 0. The number of nitrogens with two attached hydrogens (primary N) is 1. The van der Waals surface area contributed by atoms with Crippen LogP contribution in [0.2, 0.25) is 0 Å². The van der Waals surface area contributed by atoms with Gasteiger partial charge in [0.05, 0.1) is 32.8 Å². The average molecular weight is 271 g/mol. The summed E-state index contributed by atoms with van der Waals surface area (Å²) in [5.74, 6) is -0.388. The molecule has 0 aliphatic carbocycles. The van der Waals surface area contributed by atoms with Crippen molar-refractivity contribution in [1.29, 1.82) is 0 Å². The van der Waals surface area contributed by atoms with Gasteiger partial charge in [-0.3, -0.25) is 14.5 Å². The van der Waals surface area contributed by atoms with Gasteiger partial charge in [-0.1, -0.05) is 0 Å². The Kier molecular flexibility index (Phi) is 4.73. The summed E-state index contributed by atoms with van der Waals surface area (Å²) in [5, 5.41) is 0. The van der Waals surface area contributed by atoms with E-state index in [0.717, 1.165) is 0 Å². The summed E-state index contributed by atoms with van der Waals surface area (Å²) in [6.45, 7) is 3.77. The molecule has 7 heteroatoms. The van der Waals surface area contributed by atoms with Gasteiger partial charge in [0.1, 0.15) is 0 Å². The van der Waals surface area contributed by atoms with Gasteiger partial charge in [-0.25, -0.2) is 0 Å². The van der Waals surface area contributed by atoms with Gasteiger partial charge in [0.2, 0.25) is 5.91 Å². The molecule has 2 N–H and O–H groups in total. The van der Waals surface area contributed by atoms with Gasteiger partial charge in [0.15, 0.2) is 0 Å². The van der Waals surface area contributed by atoms with Crippen LogP contribution in [0.4, 0.5) is 0 Å². The van der Waals surface area contributed by atoms with Crippen molar-refractivity contribution < 1.29 is 19.1 Å². The first-order chi connectivity index (χ1) is 9.11. The normalized spacial score (nSPS) is 28.4. The molecule has 2 aliphatic rings. The number of hydrogen-bond donors (Lipinski definition) is 1. The first-order valence-electron chi connectivity index (χ1n) is 6.53. The van der Waals surface area contributed by atoms with E-state index in [1.54, 1.807) is 0 Å². The predicted octanol–water partition coefficient (Wildman–Crippen LogP) is -1.72. The zero-order chi connectivity index (χ0) is 13.8. The van der Waals surface area contributed by atoms with Crippen LogP contribution in [0.1, 0.15) is 0 Å². The zero-order valence-electron chi connectivity index (χ0n) is 11.2. The van der Waals surface area contributed by atoms with E-state index in [2.05, 4.69) is 4.74 Å². The van der Waals surface area contributed by atoms with Gasteiger partial charge in [0, 0.05) is 32.2 Å². The van der Waals surface area contributed by atoms with Gasteiger partial charge < -0.3 is 20.1 Å². The Morgan fingerprint density at radius 2 is 1.95 bits per heavy atom. The molecule has 0 aromatic rings. The van der Waals surface area contributed by atoms with Gasteiger partial charge in [-0.2, -0.15) is 0 Å². The minimum atomic E-state index is -0.244. The summed E-state index contributed by atoms with van der Waals surface area (Å²) in [5.41, 5.74) is 5.85. The molecule has 2 saturated heterocycles. The van der Waals surface area contributed by atoms with Crippen LogP contribution >= 0.6 is 0 Å². The quantitative estimate of drug-likeness (QED) is 0.614. The molecule has 0 spiro atoms. The van der Waals surface area contributed by atoms with Crippen LogP contribution in [-0.2, 0) is 19.1 Å². The van der Waals surface area contributed by atoms with Crippen molar-refractivity contribution >= 4 is 11.9 Å². The fourth-order valence-electron chi connectivity index (χ4n) is 2.43. The Hall–Kier alpha value is -1.18. The number of hydrogen-bond acceptors (Lipinski definition) is 6. The highest BCUT2D eigenvalue weighted by molar-refractivity contribution is 5.80. The van der Waals surface area contributed by atoms with Crippen LogP contribution in [0.5, 0.6) is 0 Å². The van der Waals surface area contributed by atoms with E-state index in [9.17, 15) is 9.59 Å². The first-order valence-corrected chi connectivity index (χ1v) is 6.53. The van der Waals surface area contributed by atoms with E-state index in [-0.39, 0.29) is 30.4 Å². The second-order valence-electron chi connectivity index (χ2n) is 4.99. The maximum absolute atomic E-state index is 12.3. The predicted molar refractivity (Wildman–Crippen MR) is 67.3 cm³/mol. The molecule has 0 bridgehead atoms. The number of piperazine rings is 1. The van der Waals surface area contributed by atoms with Gasteiger partial charge in [0.25, 0.3) is 0 Å². The van der Waals surface area contributed by atoms with Crippen LogP contribution < -0.4 is 5.73 Å². The third-order valence-corrected chi connectivity index (χ3v) is 3.71. The Morgan fingerprint density at radius 3 is 2.47 bits per heavy atom. The summed E-state index contributed by atoms with van der Waals surface area (Å²) < 4.78 is 9.85. The molecule has 0 radical (unpaired) electrons. The number of rotatable bonds is 3. The molecule has 108 valence electrons. The molecule has 2 fully saturated rings. The highest BCUT2D eigenvalue weighted by atomic mass is 16.5. The van der Waals surface area contributed by atoms with Crippen LogP contribution in [0, 0.1) is 5.92 Å². The molecule has 7 nitrogen and oxygen atoms in total. The number of nitrogens with zero attached hydrogens (tertiary/aromatic N) is 2. The third kappa shape index (κ3) is 3.43. The van der Waals surface area contributed by atoms with E-state index in [1.807, 2.05) is 9.80 Å². The largest absolute Gasteiger partial charge is 0.468 e. The smallest absolute Gasteiger partial charge is 0.319 e. The maximum Gasteiger partial charge on any atom is 0.319 e. The van der Waals surface area contributed by atoms with E-state index in [0.29, 0.717) is 39.4 Å². The van der Waals surface area contributed by atoms with Crippen LogP contribution in [0.25, 0.3) is 0 Å². The van der Waals surface area contributed by atoms with Crippen LogP contribution in [-0.4, -0.2) is 80.8 Å². The topological polar surface area (TPSA) is 85.1 Å². The van der Waals surface area contributed by atoms with Crippen molar-refractivity contribution in [3.63, 3.8) is 0 Å². The lowest BCUT2D eigenvalue weighted by molar-refractivity contribution is -0.143. The molecule has 19 heavy (non-hydrogen) atoms. The fraction of sp³-hybridized carbons (Fsp3) is 0.833. The zero-order valence-corrected chi connectivity index (χ0v) is 11.2. The molecule has 2 rings (SSSR count). The number of methoxy groups -OCH3 is 1. The lowest BCUT2D eigenvalue weighted by Gasteiger charge is -2.35. The fourth-order valence-corrected chi connectivity index (χ4v) is 2.43. The molecule has 2 atom stereocenters. The standard InChI is InChI=1S/C12H21N3O4/c1-18-11(16)6-14-2-4-15(5-3-14)12(17)9-7-19-8-10(9)13/h9-10H,2-8,13H2,1H3. The number of ether oxygens (including phenoxy) is 2. The lowest BCUT2D eigenvalue weighted by Crippen LogP contribution is -2.53. The van der Waals surface area contributed by atoms with Gasteiger partial charge in [-0.15, -0.1) is 0 Å². The number of amides is 1. The summed E-state index contributed by atoms with van der Waals surface area (Å²) in [6, 6.07) is -0.194. The molecule has 2 aliphatic heterocycles. The molecule has 2 unspecified atom stereocenters. The number of carbonyl (C=O) groups excluding carboxylic acids is 2. The number of esters is 1. The molecular weight excluding hydrogens is 250 g/mol. The van der Waals surface area contributed by atoms with E-state index in [4.69, 9.17) is 10.5 Å². The minimum Gasteiger partial charge on any atom is -0.468 e. The summed E-state index contributed by atoms with van der Waals surface area (Å²) in [4.78, 5) is 27.2. The second kappa shape index (κ2) is 6.31. The van der Waals surface area contributed by atoms with Crippen molar-refractivity contribution in [3.8, 4) is 0 Å². The highest BCUT2D eigenvalue weighted by Gasteiger charge is 2.35. The molecular formula is C12H21N3O4. The lowest BCUT2D eigenvalue weighted by atomic mass is 10.0. The van der Waals surface area contributed by atoms with Gasteiger partial charge in [-0.05, 0) is 0 Å². The molecule has 0 aromatic carbocycles. The van der Waals surface area contributed by atoms with Crippen LogP contribution in [0.15, 0.2) is 0 Å². The monoisotopic (exact) mass is 271 g/mol. The van der Waals surface area contributed by atoms with Crippen molar-refractivity contribution in [2.75, 3.05) is 53.0 Å². The Labute approximate surface area is 112 Å². The highest BCUT2D eigenvalue weighted by Crippen LogP contribution is 2.16. The Morgan fingerprint density at radius 1 is 1.26 bits per heavy atom. The summed E-state index contributed by atoms with van der Waals surface area (Å²) >= 11 is 0. The average Bonchev–Trinajstić information content (AvgIpc) is 2.85.